The Morgan fingerprint density at radius 2 is 2.00 bits per heavy atom. The van der Waals surface area contributed by atoms with Gasteiger partial charge in [0.1, 0.15) is 0 Å². The monoisotopic (exact) mass is 286 g/mol. The Morgan fingerprint density at radius 1 is 1.29 bits per heavy atom. The first kappa shape index (κ1) is 14.4. The van der Waals surface area contributed by atoms with E-state index in [0.717, 1.165) is 5.56 Å². The van der Waals surface area contributed by atoms with Gasteiger partial charge in [-0.3, -0.25) is 14.9 Å². The summed E-state index contributed by atoms with van der Waals surface area (Å²) in [5.74, 6) is -0.338. The number of hydrogen-bond donors (Lipinski definition) is 2. The summed E-state index contributed by atoms with van der Waals surface area (Å²) in [5, 5.41) is 13.2. The molecule has 0 fully saturated rings. The molecule has 0 aliphatic rings. The summed E-state index contributed by atoms with van der Waals surface area (Å²) in [4.78, 5) is 25.9. The predicted molar refractivity (Wildman–Crippen MR) is 77.8 cm³/mol. The smallest absolute Gasteiger partial charge is 0.272 e. The molecule has 0 saturated heterocycles. The first-order chi connectivity index (χ1) is 10.1. The second-order valence-electron chi connectivity index (χ2n) is 4.37. The van der Waals surface area contributed by atoms with E-state index in [1.807, 2.05) is 0 Å². The third-order valence-corrected chi connectivity index (χ3v) is 2.90. The van der Waals surface area contributed by atoms with Gasteiger partial charge in [0.15, 0.2) is 5.69 Å². The normalized spacial score (nSPS) is 10.1. The average Bonchev–Trinajstić information content (AvgIpc) is 2.48. The number of carbonyl (C=O) groups excluding carboxylic acids is 1. The zero-order valence-electron chi connectivity index (χ0n) is 11.2. The number of aromatic nitrogens is 1. The summed E-state index contributed by atoms with van der Waals surface area (Å²) in [6, 6.07) is 9.47. The van der Waals surface area contributed by atoms with Crippen LogP contribution in [0.15, 0.2) is 42.6 Å². The molecule has 0 radical (unpaired) electrons. The molecule has 1 amide bonds. The topological polar surface area (TPSA) is 111 Å². The van der Waals surface area contributed by atoms with E-state index in [9.17, 15) is 14.9 Å². The van der Waals surface area contributed by atoms with E-state index >= 15 is 0 Å². The molecule has 7 heteroatoms. The molecule has 3 N–H and O–H groups in total. The zero-order chi connectivity index (χ0) is 15.2. The number of rotatable bonds is 5. The van der Waals surface area contributed by atoms with E-state index in [4.69, 9.17) is 5.73 Å². The van der Waals surface area contributed by atoms with Crippen molar-refractivity contribution in [2.45, 2.75) is 6.42 Å². The number of hydrogen-bond acceptors (Lipinski definition) is 5. The zero-order valence-corrected chi connectivity index (χ0v) is 11.2. The quantitative estimate of drug-likeness (QED) is 0.639. The van der Waals surface area contributed by atoms with Crippen molar-refractivity contribution in [2.24, 2.45) is 0 Å². The number of amides is 1. The van der Waals surface area contributed by atoms with Crippen LogP contribution in [0.5, 0.6) is 0 Å². The van der Waals surface area contributed by atoms with Crippen LogP contribution in [-0.4, -0.2) is 22.4 Å². The van der Waals surface area contributed by atoms with Gasteiger partial charge in [0.2, 0.25) is 0 Å². The largest absolute Gasteiger partial charge is 0.397 e. The van der Waals surface area contributed by atoms with Crippen LogP contribution in [0.2, 0.25) is 0 Å². The summed E-state index contributed by atoms with van der Waals surface area (Å²) in [6.07, 6.45) is 2.07. The minimum absolute atomic E-state index is 0.0454. The van der Waals surface area contributed by atoms with Gasteiger partial charge in [-0.15, -0.1) is 0 Å². The third-order valence-electron chi connectivity index (χ3n) is 2.90. The van der Waals surface area contributed by atoms with Crippen LogP contribution < -0.4 is 11.1 Å². The maximum absolute atomic E-state index is 11.9. The molecule has 2 rings (SSSR count). The lowest BCUT2D eigenvalue weighted by atomic mass is 10.1. The van der Waals surface area contributed by atoms with Gasteiger partial charge < -0.3 is 11.1 Å². The minimum Gasteiger partial charge on any atom is -0.397 e. The van der Waals surface area contributed by atoms with Crippen molar-refractivity contribution in [1.82, 2.24) is 10.3 Å². The van der Waals surface area contributed by atoms with Crippen LogP contribution in [0.25, 0.3) is 0 Å². The van der Waals surface area contributed by atoms with Crippen LogP contribution >= 0.6 is 0 Å². The minimum atomic E-state index is -0.449. The highest BCUT2D eigenvalue weighted by atomic mass is 16.6. The standard InChI is InChI=1S/C14H14N4O3/c15-12-2-1-8-16-13(12)14(19)17-9-7-10-3-5-11(6-4-10)18(20)21/h1-6,8H,7,9,15H2,(H,17,19). The molecule has 0 spiro atoms. The summed E-state index contributed by atoms with van der Waals surface area (Å²) < 4.78 is 0. The summed E-state index contributed by atoms with van der Waals surface area (Å²) >= 11 is 0. The molecule has 0 bridgehead atoms. The second-order valence-corrected chi connectivity index (χ2v) is 4.37. The van der Waals surface area contributed by atoms with Crippen molar-refractivity contribution in [3.63, 3.8) is 0 Å². The van der Waals surface area contributed by atoms with Crippen molar-refractivity contribution in [3.05, 3.63) is 64.0 Å². The van der Waals surface area contributed by atoms with E-state index < -0.39 is 4.92 Å². The van der Waals surface area contributed by atoms with E-state index in [1.165, 1.54) is 18.3 Å². The number of nitro benzene ring substituents is 1. The molecule has 0 atom stereocenters. The molecular weight excluding hydrogens is 272 g/mol. The fraction of sp³-hybridized carbons (Fsp3) is 0.143. The molecule has 2 aromatic rings. The lowest BCUT2D eigenvalue weighted by Crippen LogP contribution is -2.27. The lowest BCUT2D eigenvalue weighted by molar-refractivity contribution is -0.384. The van der Waals surface area contributed by atoms with E-state index in [0.29, 0.717) is 18.7 Å². The highest BCUT2D eigenvalue weighted by Crippen LogP contribution is 2.12. The van der Waals surface area contributed by atoms with Gasteiger partial charge in [-0.1, -0.05) is 12.1 Å². The molecule has 1 aromatic heterocycles. The van der Waals surface area contributed by atoms with E-state index in [2.05, 4.69) is 10.3 Å². The predicted octanol–water partition coefficient (Wildman–Crippen LogP) is 1.54. The van der Waals surface area contributed by atoms with Gasteiger partial charge in [0, 0.05) is 24.9 Å². The summed E-state index contributed by atoms with van der Waals surface area (Å²) in [5.41, 5.74) is 7.13. The van der Waals surface area contributed by atoms with Crippen molar-refractivity contribution in [2.75, 3.05) is 12.3 Å². The number of carbonyl (C=O) groups is 1. The van der Waals surface area contributed by atoms with Crippen LogP contribution in [0.3, 0.4) is 0 Å². The molecule has 0 aliphatic carbocycles. The molecule has 0 unspecified atom stereocenters. The Hall–Kier alpha value is -2.96. The first-order valence-corrected chi connectivity index (χ1v) is 6.30. The molecular formula is C14H14N4O3. The average molecular weight is 286 g/mol. The maximum Gasteiger partial charge on any atom is 0.272 e. The lowest BCUT2D eigenvalue weighted by Gasteiger charge is -2.06. The van der Waals surface area contributed by atoms with Gasteiger partial charge in [-0.05, 0) is 24.1 Å². The molecule has 0 aliphatic heterocycles. The van der Waals surface area contributed by atoms with Crippen LogP contribution in [0.1, 0.15) is 16.1 Å². The van der Waals surface area contributed by atoms with Crippen molar-refractivity contribution in [3.8, 4) is 0 Å². The Morgan fingerprint density at radius 3 is 2.62 bits per heavy atom. The molecule has 21 heavy (non-hydrogen) atoms. The number of nitrogens with zero attached hydrogens (tertiary/aromatic N) is 2. The van der Waals surface area contributed by atoms with E-state index in [1.54, 1.807) is 24.3 Å². The van der Waals surface area contributed by atoms with E-state index in [-0.39, 0.29) is 17.3 Å². The van der Waals surface area contributed by atoms with Gasteiger partial charge in [0.05, 0.1) is 10.6 Å². The maximum atomic E-state index is 11.9. The number of non-ortho nitro benzene ring substituents is 1. The molecule has 7 nitrogen and oxygen atoms in total. The third kappa shape index (κ3) is 3.75. The van der Waals surface area contributed by atoms with Crippen LogP contribution in [-0.2, 0) is 6.42 Å². The van der Waals surface area contributed by atoms with Gasteiger partial charge in [-0.25, -0.2) is 4.98 Å². The number of nitro groups is 1. The van der Waals surface area contributed by atoms with Crippen molar-refractivity contribution < 1.29 is 9.72 Å². The Bertz CT molecular complexity index is 656. The van der Waals surface area contributed by atoms with Crippen molar-refractivity contribution >= 4 is 17.3 Å². The molecule has 1 heterocycles. The van der Waals surface area contributed by atoms with Crippen LogP contribution in [0.4, 0.5) is 11.4 Å². The van der Waals surface area contributed by atoms with Gasteiger partial charge in [-0.2, -0.15) is 0 Å². The Labute approximate surface area is 121 Å². The summed E-state index contributed by atoms with van der Waals surface area (Å²) in [6.45, 7) is 0.395. The second kappa shape index (κ2) is 6.47. The highest BCUT2D eigenvalue weighted by Gasteiger charge is 2.10. The fourth-order valence-corrected chi connectivity index (χ4v) is 1.80. The van der Waals surface area contributed by atoms with Crippen LogP contribution in [0, 0.1) is 10.1 Å². The Balaban J connectivity index is 1.88. The first-order valence-electron chi connectivity index (χ1n) is 6.30. The Kier molecular flexibility index (Phi) is 4.45. The number of anilines is 1. The number of nitrogens with one attached hydrogen (secondary N) is 1. The molecule has 108 valence electrons. The number of nitrogen functional groups attached to an aromatic ring is 1. The number of benzene rings is 1. The van der Waals surface area contributed by atoms with Gasteiger partial charge >= 0.3 is 0 Å². The molecule has 1 aromatic carbocycles. The highest BCUT2D eigenvalue weighted by molar-refractivity contribution is 5.96. The summed E-state index contributed by atoms with van der Waals surface area (Å²) in [7, 11) is 0. The number of pyridine rings is 1. The van der Waals surface area contributed by atoms with Crippen molar-refractivity contribution in [1.29, 1.82) is 0 Å². The SMILES string of the molecule is Nc1cccnc1C(=O)NCCc1ccc([N+](=O)[O-])cc1. The fourth-order valence-electron chi connectivity index (χ4n) is 1.80. The molecule has 0 saturated carbocycles. The van der Waals surface area contributed by atoms with Gasteiger partial charge in [0.25, 0.3) is 11.6 Å². The number of nitrogens with two attached hydrogens (primary N) is 1.